The molecule has 2 aromatic carbocycles. The first-order valence-corrected chi connectivity index (χ1v) is 8.23. The van der Waals surface area contributed by atoms with Gasteiger partial charge in [-0.15, -0.1) is 0 Å². The summed E-state index contributed by atoms with van der Waals surface area (Å²) in [6.45, 7) is 1.86. The lowest BCUT2D eigenvalue weighted by Gasteiger charge is -2.32. The van der Waals surface area contributed by atoms with Crippen LogP contribution in [-0.4, -0.2) is 15.6 Å². The zero-order valence-electron chi connectivity index (χ0n) is 14.1. The fourth-order valence-corrected chi connectivity index (χ4v) is 3.38. The van der Waals surface area contributed by atoms with Gasteiger partial charge in [-0.25, -0.2) is 0 Å². The Hall–Kier alpha value is -3.13. The number of rotatable bonds is 4. The molecule has 0 unspecified atom stereocenters. The molecular formula is C18H18N3O5+. The molecule has 3 rings (SSSR count). The number of nitro benzene ring substituents is 2. The largest absolute Gasteiger partial charge is 0.333 e. The van der Waals surface area contributed by atoms with Crippen LogP contribution < -0.4 is 5.32 Å². The molecule has 0 saturated carbocycles. The molecule has 3 atom stereocenters. The van der Waals surface area contributed by atoms with Gasteiger partial charge in [-0.3, -0.25) is 25.0 Å². The number of non-ortho nitro benzene ring substituents is 2. The van der Waals surface area contributed by atoms with Crippen molar-refractivity contribution in [2.45, 2.75) is 25.4 Å². The van der Waals surface area contributed by atoms with Crippen molar-refractivity contribution in [1.29, 1.82) is 0 Å². The number of quaternary nitrogens is 1. The highest BCUT2D eigenvalue weighted by Crippen LogP contribution is 2.30. The molecule has 2 N–H and O–H groups in total. The molecule has 0 amide bonds. The summed E-state index contributed by atoms with van der Waals surface area (Å²) >= 11 is 0. The summed E-state index contributed by atoms with van der Waals surface area (Å²) < 4.78 is 0. The van der Waals surface area contributed by atoms with Crippen LogP contribution in [0.1, 0.15) is 36.6 Å². The van der Waals surface area contributed by atoms with E-state index in [-0.39, 0.29) is 35.2 Å². The van der Waals surface area contributed by atoms with Gasteiger partial charge in [0.1, 0.15) is 17.9 Å². The second-order valence-electron chi connectivity index (χ2n) is 6.48. The predicted octanol–water partition coefficient (Wildman–Crippen LogP) is 2.46. The minimum Gasteiger partial charge on any atom is -0.333 e. The van der Waals surface area contributed by atoms with E-state index in [1.807, 2.05) is 6.92 Å². The van der Waals surface area contributed by atoms with Gasteiger partial charge in [-0.2, -0.15) is 0 Å². The first-order chi connectivity index (χ1) is 12.4. The van der Waals surface area contributed by atoms with E-state index in [4.69, 9.17) is 0 Å². The third kappa shape index (κ3) is 3.45. The third-order valence-electron chi connectivity index (χ3n) is 4.93. The number of hydrogen-bond acceptors (Lipinski definition) is 5. The van der Waals surface area contributed by atoms with Gasteiger partial charge in [0.05, 0.1) is 22.2 Å². The summed E-state index contributed by atoms with van der Waals surface area (Å²) in [7, 11) is 0. The molecule has 1 aliphatic heterocycles. The minimum atomic E-state index is -0.457. The van der Waals surface area contributed by atoms with Gasteiger partial charge < -0.3 is 5.32 Å². The molecule has 8 nitrogen and oxygen atoms in total. The van der Waals surface area contributed by atoms with Gasteiger partial charge in [0.25, 0.3) is 11.4 Å². The van der Waals surface area contributed by atoms with Gasteiger partial charge in [-0.1, -0.05) is 0 Å². The number of nitrogens with zero attached hydrogens (tertiary/aromatic N) is 2. The maximum Gasteiger partial charge on any atom is 0.269 e. The van der Waals surface area contributed by atoms with E-state index in [0.717, 1.165) is 11.1 Å². The summed E-state index contributed by atoms with van der Waals surface area (Å²) in [6, 6.07) is 12.2. The molecule has 1 fully saturated rings. The molecule has 0 spiro atoms. The van der Waals surface area contributed by atoms with Crippen molar-refractivity contribution in [2.24, 2.45) is 5.92 Å². The summed E-state index contributed by atoms with van der Waals surface area (Å²) in [5, 5.41) is 23.7. The molecule has 134 valence electrons. The maximum atomic E-state index is 12.5. The highest BCUT2D eigenvalue weighted by molar-refractivity contribution is 5.82. The van der Waals surface area contributed by atoms with Crippen LogP contribution in [0.25, 0.3) is 0 Å². The zero-order chi connectivity index (χ0) is 18.8. The standard InChI is InChI=1S/C18H17N3O5/c1-11-17(22)10-16(12-2-6-14(7-3-12)20(23)24)19-18(11)13-4-8-15(9-5-13)21(25)26/h2-9,11,16,18-19H,10H2,1H3/p+1/t11-,16-,18+/m0/s1. The number of hydrogen-bond donors (Lipinski definition) is 1. The molecule has 1 heterocycles. The Balaban J connectivity index is 1.85. The van der Waals surface area contributed by atoms with Crippen molar-refractivity contribution in [3.8, 4) is 0 Å². The van der Waals surface area contributed by atoms with E-state index in [1.54, 1.807) is 24.3 Å². The van der Waals surface area contributed by atoms with E-state index >= 15 is 0 Å². The Labute approximate surface area is 149 Å². The Morgan fingerprint density at radius 1 is 0.885 bits per heavy atom. The van der Waals surface area contributed by atoms with Crippen LogP contribution in [-0.2, 0) is 4.79 Å². The van der Waals surface area contributed by atoms with Crippen molar-refractivity contribution < 1.29 is 20.0 Å². The van der Waals surface area contributed by atoms with Gasteiger partial charge >= 0.3 is 0 Å². The monoisotopic (exact) mass is 356 g/mol. The molecule has 8 heteroatoms. The number of nitro groups is 2. The Kier molecular flexibility index (Phi) is 4.77. The van der Waals surface area contributed by atoms with E-state index < -0.39 is 9.85 Å². The first kappa shape index (κ1) is 17.7. The van der Waals surface area contributed by atoms with Crippen LogP contribution in [0, 0.1) is 26.1 Å². The van der Waals surface area contributed by atoms with Gasteiger partial charge in [-0.05, 0) is 31.2 Å². The molecule has 26 heavy (non-hydrogen) atoms. The van der Waals surface area contributed by atoms with Crippen LogP contribution in [0.4, 0.5) is 11.4 Å². The van der Waals surface area contributed by atoms with Crippen LogP contribution in [0.2, 0.25) is 0 Å². The van der Waals surface area contributed by atoms with Crippen molar-refractivity contribution >= 4 is 17.2 Å². The zero-order valence-corrected chi connectivity index (χ0v) is 14.1. The number of Topliss-reactive ketones (excluding diaryl/α,β-unsaturated/α-hetero) is 1. The summed E-state index contributed by atoms with van der Waals surface area (Å²) in [4.78, 5) is 33.2. The highest BCUT2D eigenvalue weighted by Gasteiger charge is 2.38. The molecular weight excluding hydrogens is 338 g/mol. The normalized spacial score (nSPS) is 22.8. The summed E-state index contributed by atoms with van der Waals surface area (Å²) in [6.07, 6.45) is 0.350. The Morgan fingerprint density at radius 2 is 1.35 bits per heavy atom. The van der Waals surface area contributed by atoms with Crippen molar-refractivity contribution in [3.63, 3.8) is 0 Å². The van der Waals surface area contributed by atoms with Gasteiger partial charge in [0.2, 0.25) is 0 Å². The number of carbonyl (C=O) groups excluding carboxylic acids is 1. The van der Waals surface area contributed by atoms with Gasteiger partial charge in [0.15, 0.2) is 0 Å². The van der Waals surface area contributed by atoms with E-state index in [1.165, 1.54) is 24.3 Å². The fourth-order valence-electron chi connectivity index (χ4n) is 3.38. The Bertz CT molecular complexity index is 848. The number of ketones is 1. The van der Waals surface area contributed by atoms with Crippen LogP contribution >= 0.6 is 0 Å². The average molecular weight is 356 g/mol. The smallest absolute Gasteiger partial charge is 0.269 e. The van der Waals surface area contributed by atoms with Crippen LogP contribution in [0.5, 0.6) is 0 Å². The number of benzene rings is 2. The average Bonchev–Trinajstić information content (AvgIpc) is 2.64. The lowest BCUT2D eigenvalue weighted by molar-refractivity contribution is -0.742. The first-order valence-electron chi connectivity index (χ1n) is 8.23. The molecule has 1 aliphatic rings. The van der Waals surface area contributed by atoms with Crippen molar-refractivity contribution in [1.82, 2.24) is 0 Å². The van der Waals surface area contributed by atoms with Crippen molar-refractivity contribution in [3.05, 3.63) is 79.9 Å². The lowest BCUT2D eigenvalue weighted by atomic mass is 9.82. The van der Waals surface area contributed by atoms with Crippen LogP contribution in [0.15, 0.2) is 48.5 Å². The topological polar surface area (TPSA) is 120 Å². The van der Waals surface area contributed by atoms with E-state index in [0.29, 0.717) is 6.42 Å². The minimum absolute atomic E-state index is 0.00968. The summed E-state index contributed by atoms with van der Waals surface area (Å²) in [5.74, 6) is -0.107. The lowest BCUT2D eigenvalue weighted by Crippen LogP contribution is -2.90. The number of piperidine rings is 1. The molecule has 0 aromatic heterocycles. The molecule has 0 bridgehead atoms. The summed E-state index contributed by atoms with van der Waals surface area (Å²) in [5.41, 5.74) is 1.72. The molecule has 0 radical (unpaired) electrons. The maximum absolute atomic E-state index is 12.5. The van der Waals surface area contributed by atoms with Crippen molar-refractivity contribution in [2.75, 3.05) is 0 Å². The Morgan fingerprint density at radius 3 is 1.81 bits per heavy atom. The van der Waals surface area contributed by atoms with E-state index in [2.05, 4.69) is 5.32 Å². The molecule has 1 saturated heterocycles. The molecule has 0 aliphatic carbocycles. The van der Waals surface area contributed by atoms with Gasteiger partial charge in [0, 0.05) is 35.4 Å². The number of carbonyl (C=O) groups is 1. The second-order valence-corrected chi connectivity index (χ2v) is 6.48. The fraction of sp³-hybridized carbons (Fsp3) is 0.278. The highest BCUT2D eigenvalue weighted by atomic mass is 16.6. The molecule has 2 aromatic rings. The third-order valence-corrected chi connectivity index (χ3v) is 4.93. The van der Waals surface area contributed by atoms with Crippen LogP contribution in [0.3, 0.4) is 0 Å². The van der Waals surface area contributed by atoms with E-state index in [9.17, 15) is 25.0 Å². The quantitative estimate of drug-likeness (QED) is 0.666. The SMILES string of the molecule is C[C@H]1C(=O)C[C@@H](c2ccc([N+](=O)[O-])cc2)[NH2+][C@H]1c1ccc([N+](=O)[O-])cc1. The number of nitrogens with two attached hydrogens (primary N) is 1. The second kappa shape index (κ2) is 7.01. The predicted molar refractivity (Wildman–Crippen MR) is 92.4 cm³/mol.